The number of amides is 1. The number of rotatable bonds is 7. The number of aryl methyl sites for hydroxylation is 1. The van der Waals surface area contributed by atoms with Gasteiger partial charge in [0.25, 0.3) is 0 Å². The predicted octanol–water partition coefficient (Wildman–Crippen LogP) is 3.03. The van der Waals surface area contributed by atoms with Gasteiger partial charge in [-0.05, 0) is 49.6 Å². The van der Waals surface area contributed by atoms with Crippen LogP contribution in [0, 0.1) is 12.8 Å². The van der Waals surface area contributed by atoms with Crippen molar-refractivity contribution in [1.82, 2.24) is 15.0 Å². The Bertz CT molecular complexity index is 1080. The number of nitrogens with one attached hydrogen (secondary N) is 1. The molecule has 0 aliphatic heterocycles. The molecule has 0 saturated heterocycles. The van der Waals surface area contributed by atoms with Crippen LogP contribution in [0.5, 0.6) is 0 Å². The van der Waals surface area contributed by atoms with Crippen LogP contribution in [0.3, 0.4) is 0 Å². The van der Waals surface area contributed by atoms with E-state index in [4.69, 9.17) is 4.74 Å². The summed E-state index contributed by atoms with van der Waals surface area (Å²) in [5, 5.41) is 11.2. The largest absolute Gasteiger partial charge is 0.453 e. The van der Waals surface area contributed by atoms with Crippen LogP contribution in [0.25, 0.3) is 5.69 Å². The van der Waals surface area contributed by atoms with Crippen LogP contribution >= 0.6 is 11.3 Å². The third kappa shape index (κ3) is 4.57. The average molecular weight is 410 g/mol. The SMILES string of the molecule is Cc1cccc(-n2cc(C(=O)COC(=O)c3ccc(NC(=O)C4CC4)s3)nn2)c1. The van der Waals surface area contributed by atoms with Gasteiger partial charge in [0, 0.05) is 5.92 Å². The minimum atomic E-state index is -0.624. The molecule has 2 heterocycles. The van der Waals surface area contributed by atoms with E-state index in [1.54, 1.807) is 12.1 Å². The van der Waals surface area contributed by atoms with Gasteiger partial charge in [-0.2, -0.15) is 0 Å². The van der Waals surface area contributed by atoms with Crippen LogP contribution in [0.15, 0.2) is 42.6 Å². The Labute approximate surface area is 170 Å². The Balaban J connectivity index is 1.33. The number of carbonyl (C=O) groups excluding carboxylic acids is 3. The quantitative estimate of drug-likeness (QED) is 0.474. The van der Waals surface area contributed by atoms with Crippen molar-refractivity contribution in [3.63, 3.8) is 0 Å². The summed E-state index contributed by atoms with van der Waals surface area (Å²) in [5.41, 5.74) is 1.96. The molecule has 1 fully saturated rings. The standard InChI is InChI=1S/C20H18N4O4S/c1-12-3-2-4-14(9-12)24-10-15(22-23-24)16(25)11-28-20(27)17-7-8-18(29-17)21-19(26)13-5-6-13/h2-4,7-10,13H,5-6,11H2,1H3,(H,21,26). The van der Waals surface area contributed by atoms with Crippen molar-refractivity contribution in [3.05, 3.63) is 58.7 Å². The normalized spacial score (nSPS) is 13.1. The van der Waals surface area contributed by atoms with Gasteiger partial charge in [-0.1, -0.05) is 17.3 Å². The summed E-state index contributed by atoms with van der Waals surface area (Å²) in [6, 6.07) is 10.8. The second-order valence-electron chi connectivity index (χ2n) is 6.81. The summed E-state index contributed by atoms with van der Waals surface area (Å²) in [4.78, 5) is 36.5. The number of ether oxygens (including phenoxy) is 1. The number of hydrogen-bond donors (Lipinski definition) is 1. The second-order valence-corrected chi connectivity index (χ2v) is 7.90. The highest BCUT2D eigenvalue weighted by atomic mass is 32.1. The third-order valence-electron chi connectivity index (χ3n) is 4.38. The first kappa shape index (κ1) is 19.0. The van der Waals surface area contributed by atoms with Gasteiger partial charge < -0.3 is 10.1 Å². The molecule has 148 valence electrons. The number of thiophene rings is 1. The van der Waals surface area contributed by atoms with Crippen molar-refractivity contribution in [2.75, 3.05) is 11.9 Å². The zero-order chi connectivity index (χ0) is 20.4. The lowest BCUT2D eigenvalue weighted by molar-refractivity contribution is -0.117. The van der Waals surface area contributed by atoms with Gasteiger partial charge in [0.05, 0.1) is 16.9 Å². The first-order valence-corrected chi connectivity index (χ1v) is 9.91. The molecule has 2 aromatic heterocycles. The maximum Gasteiger partial charge on any atom is 0.348 e. The van der Waals surface area contributed by atoms with Gasteiger partial charge in [-0.3, -0.25) is 9.59 Å². The van der Waals surface area contributed by atoms with Gasteiger partial charge in [-0.15, -0.1) is 16.4 Å². The lowest BCUT2D eigenvalue weighted by atomic mass is 10.2. The van der Waals surface area contributed by atoms with E-state index in [2.05, 4.69) is 15.6 Å². The molecule has 29 heavy (non-hydrogen) atoms. The van der Waals surface area contributed by atoms with Gasteiger partial charge >= 0.3 is 5.97 Å². The van der Waals surface area contributed by atoms with E-state index in [1.165, 1.54) is 10.9 Å². The molecule has 0 radical (unpaired) electrons. The molecule has 1 amide bonds. The van der Waals surface area contributed by atoms with Crippen molar-refractivity contribution < 1.29 is 19.1 Å². The van der Waals surface area contributed by atoms with E-state index in [0.29, 0.717) is 9.88 Å². The van der Waals surface area contributed by atoms with Crippen molar-refractivity contribution >= 4 is 34.0 Å². The lowest BCUT2D eigenvalue weighted by Crippen LogP contribution is -2.14. The highest BCUT2D eigenvalue weighted by Crippen LogP contribution is 2.31. The summed E-state index contributed by atoms with van der Waals surface area (Å²) in [6.07, 6.45) is 3.31. The summed E-state index contributed by atoms with van der Waals surface area (Å²) in [7, 11) is 0. The molecule has 0 bridgehead atoms. The molecule has 4 rings (SSSR count). The number of benzene rings is 1. The number of aromatic nitrogens is 3. The molecule has 1 aliphatic carbocycles. The third-order valence-corrected chi connectivity index (χ3v) is 5.36. The zero-order valence-corrected chi connectivity index (χ0v) is 16.4. The van der Waals surface area contributed by atoms with Gasteiger partial charge in [0.15, 0.2) is 12.3 Å². The van der Waals surface area contributed by atoms with Crippen LogP contribution < -0.4 is 5.32 Å². The number of anilines is 1. The molecule has 1 aliphatic rings. The van der Waals surface area contributed by atoms with E-state index < -0.39 is 18.4 Å². The minimum Gasteiger partial charge on any atom is -0.453 e. The maximum atomic E-state index is 12.3. The highest BCUT2D eigenvalue weighted by molar-refractivity contribution is 7.18. The van der Waals surface area contributed by atoms with Crippen LogP contribution in [0.1, 0.15) is 38.6 Å². The van der Waals surface area contributed by atoms with E-state index in [0.717, 1.165) is 35.4 Å². The number of esters is 1. The second kappa shape index (κ2) is 7.96. The molecule has 0 atom stereocenters. The fraction of sp³-hybridized carbons (Fsp3) is 0.250. The number of ketones is 1. The first-order chi connectivity index (χ1) is 14.0. The maximum absolute atomic E-state index is 12.3. The van der Waals surface area contributed by atoms with Crippen LogP contribution in [-0.4, -0.2) is 39.3 Å². The van der Waals surface area contributed by atoms with E-state index in [9.17, 15) is 14.4 Å². The van der Waals surface area contributed by atoms with Gasteiger partial charge in [-0.25, -0.2) is 9.48 Å². The Morgan fingerprint density at radius 3 is 2.83 bits per heavy atom. The molecule has 1 N–H and O–H groups in total. The van der Waals surface area contributed by atoms with E-state index in [1.807, 2.05) is 31.2 Å². The Morgan fingerprint density at radius 1 is 1.24 bits per heavy atom. The molecular formula is C20H18N4O4S. The molecule has 0 spiro atoms. The van der Waals surface area contributed by atoms with Gasteiger partial charge in [0.2, 0.25) is 11.7 Å². The molecule has 8 nitrogen and oxygen atoms in total. The Hall–Kier alpha value is -3.33. The number of Topliss-reactive ketones (excluding diaryl/α,β-unsaturated/α-hetero) is 1. The highest BCUT2D eigenvalue weighted by Gasteiger charge is 2.30. The average Bonchev–Trinajstić information content (AvgIpc) is 3.26. The molecule has 1 aromatic carbocycles. The van der Waals surface area contributed by atoms with Crippen LogP contribution in [0.4, 0.5) is 5.00 Å². The molecular weight excluding hydrogens is 392 g/mol. The first-order valence-electron chi connectivity index (χ1n) is 9.10. The summed E-state index contributed by atoms with van der Waals surface area (Å²) in [5.74, 6) is -1.02. The fourth-order valence-electron chi connectivity index (χ4n) is 2.65. The van der Waals surface area contributed by atoms with Crippen molar-refractivity contribution in [3.8, 4) is 5.69 Å². The number of nitrogens with zero attached hydrogens (tertiary/aromatic N) is 3. The summed E-state index contributed by atoms with van der Waals surface area (Å²) < 4.78 is 6.58. The van der Waals surface area contributed by atoms with Crippen molar-refractivity contribution in [2.24, 2.45) is 5.92 Å². The van der Waals surface area contributed by atoms with Gasteiger partial charge in [0.1, 0.15) is 4.88 Å². The zero-order valence-electron chi connectivity index (χ0n) is 15.6. The smallest absolute Gasteiger partial charge is 0.348 e. The molecule has 0 unspecified atom stereocenters. The summed E-state index contributed by atoms with van der Waals surface area (Å²) in [6.45, 7) is 1.52. The lowest BCUT2D eigenvalue weighted by Gasteiger charge is -2.01. The molecule has 9 heteroatoms. The summed E-state index contributed by atoms with van der Waals surface area (Å²) >= 11 is 1.11. The topological polar surface area (TPSA) is 103 Å². The molecule has 3 aromatic rings. The van der Waals surface area contributed by atoms with Crippen molar-refractivity contribution in [1.29, 1.82) is 0 Å². The number of carbonyl (C=O) groups is 3. The van der Waals surface area contributed by atoms with Crippen LogP contribution in [-0.2, 0) is 9.53 Å². The monoisotopic (exact) mass is 410 g/mol. The predicted molar refractivity (Wildman–Crippen MR) is 106 cm³/mol. The number of hydrogen-bond acceptors (Lipinski definition) is 7. The Morgan fingerprint density at radius 2 is 2.07 bits per heavy atom. The van der Waals surface area contributed by atoms with Crippen molar-refractivity contribution in [2.45, 2.75) is 19.8 Å². The minimum absolute atomic E-state index is 0.0290. The Kier molecular flexibility index (Phi) is 5.22. The van der Waals surface area contributed by atoms with E-state index >= 15 is 0 Å². The van der Waals surface area contributed by atoms with E-state index in [-0.39, 0.29) is 17.5 Å². The molecule has 1 saturated carbocycles. The van der Waals surface area contributed by atoms with Crippen LogP contribution in [0.2, 0.25) is 0 Å². The fourth-order valence-corrected chi connectivity index (χ4v) is 3.45.